The summed E-state index contributed by atoms with van der Waals surface area (Å²) in [7, 11) is 0. The van der Waals surface area contributed by atoms with Crippen molar-refractivity contribution in [1.29, 1.82) is 0 Å². The van der Waals surface area contributed by atoms with Crippen LogP contribution in [0.5, 0.6) is 0 Å². The van der Waals surface area contributed by atoms with Crippen molar-refractivity contribution in [2.24, 2.45) is 0 Å². The Morgan fingerprint density at radius 1 is 0.541 bits per heavy atom. The first-order chi connectivity index (χ1) is 17.6. The quantitative estimate of drug-likeness (QED) is 0.267. The average Bonchev–Trinajstić information content (AvgIpc) is 3.56. The molecule has 188 valence electrons. The highest BCUT2D eigenvalue weighted by Crippen LogP contribution is 2.33. The molecule has 0 saturated heterocycles. The van der Waals surface area contributed by atoms with Crippen molar-refractivity contribution >= 4 is 17.3 Å². The minimum Gasteiger partial charge on any atom is -0.279 e. The molecule has 0 saturated carbocycles. The van der Waals surface area contributed by atoms with Crippen LogP contribution in [0.15, 0.2) is 91.3 Å². The van der Waals surface area contributed by atoms with E-state index in [1.54, 1.807) is 0 Å². The zero-order valence-electron chi connectivity index (χ0n) is 22.3. The number of aromatic nitrogens is 6. The summed E-state index contributed by atoms with van der Waals surface area (Å²) in [5.74, 6) is 2.98. The first-order valence-electron chi connectivity index (χ1n) is 12.5. The SMILES string of the molecule is CC(C)(C)c1ccn(-c2cccc(N(c3ccccc3)c3cccc(-n4ccc(C(C)(C)C)n4)n3)n2)n1. The molecule has 0 aliphatic carbocycles. The molecule has 4 aromatic heterocycles. The van der Waals surface area contributed by atoms with Crippen molar-refractivity contribution in [3.05, 3.63) is 103 Å². The molecule has 37 heavy (non-hydrogen) atoms. The highest BCUT2D eigenvalue weighted by molar-refractivity contribution is 5.72. The first kappa shape index (κ1) is 24.4. The summed E-state index contributed by atoms with van der Waals surface area (Å²) < 4.78 is 3.66. The Morgan fingerprint density at radius 3 is 1.41 bits per heavy atom. The smallest absolute Gasteiger partial charge is 0.155 e. The van der Waals surface area contributed by atoms with Crippen molar-refractivity contribution < 1.29 is 0 Å². The van der Waals surface area contributed by atoms with Crippen molar-refractivity contribution in [3.63, 3.8) is 0 Å². The second kappa shape index (κ2) is 9.32. The summed E-state index contributed by atoms with van der Waals surface area (Å²) in [4.78, 5) is 12.0. The van der Waals surface area contributed by atoms with Crippen LogP contribution < -0.4 is 4.90 Å². The van der Waals surface area contributed by atoms with Gasteiger partial charge in [0, 0.05) is 28.9 Å². The summed E-state index contributed by atoms with van der Waals surface area (Å²) in [6.07, 6.45) is 3.92. The number of anilines is 3. The summed E-state index contributed by atoms with van der Waals surface area (Å²) >= 11 is 0. The molecule has 1 aromatic carbocycles. The van der Waals surface area contributed by atoms with E-state index in [2.05, 4.69) is 58.6 Å². The van der Waals surface area contributed by atoms with Gasteiger partial charge in [0.15, 0.2) is 11.6 Å². The Morgan fingerprint density at radius 2 is 1.00 bits per heavy atom. The van der Waals surface area contributed by atoms with Gasteiger partial charge in [-0.05, 0) is 48.5 Å². The molecule has 0 atom stereocenters. The van der Waals surface area contributed by atoms with Gasteiger partial charge in [-0.25, -0.2) is 19.3 Å². The summed E-state index contributed by atoms with van der Waals surface area (Å²) in [6, 6.07) is 26.2. The predicted octanol–water partition coefficient (Wildman–Crippen LogP) is 6.91. The van der Waals surface area contributed by atoms with Gasteiger partial charge >= 0.3 is 0 Å². The normalized spacial score (nSPS) is 12.1. The first-order valence-corrected chi connectivity index (χ1v) is 12.5. The molecule has 7 nitrogen and oxygen atoms in total. The molecular weight excluding hydrogens is 458 g/mol. The predicted molar refractivity (Wildman–Crippen MR) is 148 cm³/mol. The second-order valence-electron chi connectivity index (χ2n) is 11.2. The summed E-state index contributed by atoms with van der Waals surface area (Å²) in [5, 5.41) is 9.56. The van der Waals surface area contributed by atoms with E-state index in [1.807, 2.05) is 88.5 Å². The maximum atomic E-state index is 4.99. The Kier molecular flexibility index (Phi) is 6.15. The van der Waals surface area contributed by atoms with Gasteiger partial charge in [-0.15, -0.1) is 0 Å². The lowest BCUT2D eigenvalue weighted by Gasteiger charge is -2.24. The molecule has 0 amide bonds. The summed E-state index contributed by atoms with van der Waals surface area (Å²) in [5.41, 5.74) is 2.92. The van der Waals surface area contributed by atoms with E-state index in [1.165, 1.54) is 0 Å². The second-order valence-corrected chi connectivity index (χ2v) is 11.2. The van der Waals surface area contributed by atoms with Gasteiger partial charge in [-0.1, -0.05) is 71.9 Å². The number of hydrogen-bond donors (Lipinski definition) is 0. The monoisotopic (exact) mass is 491 g/mol. The highest BCUT2D eigenvalue weighted by Gasteiger charge is 2.20. The lowest BCUT2D eigenvalue weighted by molar-refractivity contribution is 0.559. The number of hydrogen-bond acceptors (Lipinski definition) is 5. The third-order valence-corrected chi connectivity index (χ3v) is 6.10. The van der Waals surface area contributed by atoms with E-state index in [9.17, 15) is 0 Å². The van der Waals surface area contributed by atoms with Gasteiger partial charge < -0.3 is 0 Å². The van der Waals surface area contributed by atoms with Gasteiger partial charge in [-0.3, -0.25) is 4.90 Å². The van der Waals surface area contributed by atoms with Crippen LogP contribution in [0.2, 0.25) is 0 Å². The molecule has 0 bridgehead atoms. The van der Waals surface area contributed by atoms with Crippen LogP contribution in [0.4, 0.5) is 17.3 Å². The van der Waals surface area contributed by atoms with Crippen LogP contribution in [0, 0.1) is 0 Å². The van der Waals surface area contributed by atoms with Gasteiger partial charge in [0.1, 0.15) is 11.6 Å². The van der Waals surface area contributed by atoms with Gasteiger partial charge in [0.05, 0.1) is 11.4 Å². The lowest BCUT2D eigenvalue weighted by Crippen LogP contribution is -2.16. The van der Waals surface area contributed by atoms with Crippen LogP contribution in [0.1, 0.15) is 52.9 Å². The van der Waals surface area contributed by atoms with E-state index in [4.69, 9.17) is 20.2 Å². The van der Waals surface area contributed by atoms with Crippen molar-refractivity contribution in [2.45, 2.75) is 52.4 Å². The standard InChI is InChI=1S/C30H33N7/c1-29(2,3)23-18-20-35(33-23)25-14-10-16-27(31-25)37(22-12-8-7-9-13-22)28-17-11-15-26(32-28)36-21-19-24(34-36)30(4,5)6/h7-21H,1-6H3. The molecule has 0 aliphatic heterocycles. The van der Waals surface area contributed by atoms with Crippen molar-refractivity contribution in [3.8, 4) is 11.6 Å². The van der Waals surface area contributed by atoms with E-state index in [0.29, 0.717) is 0 Å². The Bertz CT molecular complexity index is 1400. The Labute approximate surface area is 218 Å². The van der Waals surface area contributed by atoms with Crippen LogP contribution in [0.3, 0.4) is 0 Å². The van der Waals surface area contributed by atoms with Crippen LogP contribution in [-0.4, -0.2) is 29.5 Å². The molecule has 5 rings (SSSR count). The molecule has 0 radical (unpaired) electrons. The van der Waals surface area contributed by atoms with E-state index in [0.717, 1.165) is 40.3 Å². The van der Waals surface area contributed by atoms with Crippen molar-refractivity contribution in [2.75, 3.05) is 4.90 Å². The number of benzene rings is 1. The Balaban J connectivity index is 1.58. The molecule has 0 unspecified atom stereocenters. The number of nitrogens with zero attached hydrogens (tertiary/aromatic N) is 7. The molecular formula is C30H33N7. The molecule has 0 fully saturated rings. The molecule has 0 aliphatic rings. The zero-order chi connectivity index (χ0) is 26.2. The third-order valence-electron chi connectivity index (χ3n) is 6.10. The third kappa shape index (κ3) is 5.16. The topological polar surface area (TPSA) is 64.7 Å². The lowest BCUT2D eigenvalue weighted by atomic mass is 9.93. The van der Waals surface area contributed by atoms with Gasteiger partial charge in [-0.2, -0.15) is 10.2 Å². The highest BCUT2D eigenvalue weighted by atomic mass is 15.3. The number of para-hydroxylation sites is 1. The minimum atomic E-state index is -0.0390. The molecule has 5 aromatic rings. The average molecular weight is 492 g/mol. The van der Waals surface area contributed by atoms with Crippen LogP contribution in [-0.2, 0) is 10.8 Å². The van der Waals surface area contributed by atoms with E-state index in [-0.39, 0.29) is 10.8 Å². The van der Waals surface area contributed by atoms with Crippen LogP contribution >= 0.6 is 0 Å². The Hall–Kier alpha value is -4.26. The fraction of sp³-hybridized carbons (Fsp3) is 0.267. The minimum absolute atomic E-state index is 0.0390. The fourth-order valence-corrected chi connectivity index (χ4v) is 3.99. The largest absolute Gasteiger partial charge is 0.279 e. The molecule has 7 heteroatoms. The fourth-order valence-electron chi connectivity index (χ4n) is 3.99. The number of rotatable bonds is 5. The van der Waals surface area contributed by atoms with Crippen molar-refractivity contribution in [1.82, 2.24) is 29.5 Å². The van der Waals surface area contributed by atoms with Crippen LogP contribution in [0.25, 0.3) is 11.6 Å². The van der Waals surface area contributed by atoms with Gasteiger partial charge in [0.2, 0.25) is 0 Å². The van der Waals surface area contributed by atoms with Gasteiger partial charge in [0.25, 0.3) is 0 Å². The molecule has 0 spiro atoms. The maximum Gasteiger partial charge on any atom is 0.155 e. The molecule has 4 heterocycles. The van der Waals surface area contributed by atoms with E-state index >= 15 is 0 Å². The maximum absolute atomic E-state index is 4.99. The number of pyridine rings is 2. The summed E-state index contributed by atoms with van der Waals surface area (Å²) in [6.45, 7) is 12.9. The zero-order valence-corrected chi connectivity index (χ0v) is 22.3. The van der Waals surface area contributed by atoms with E-state index < -0.39 is 0 Å². The molecule has 0 N–H and O–H groups in total.